The molecule has 0 saturated carbocycles. The molecule has 0 aromatic heterocycles. The number of hydrogen-bond donors (Lipinski definition) is 2. The number of sulfonamides is 1. The van der Waals surface area contributed by atoms with Gasteiger partial charge in [-0.15, -0.1) is 0 Å². The summed E-state index contributed by atoms with van der Waals surface area (Å²) < 4.78 is 40.5. The van der Waals surface area contributed by atoms with Crippen molar-refractivity contribution >= 4 is 21.8 Å². The smallest absolute Gasteiger partial charge is 0.269 e. The Kier molecular flexibility index (Phi) is 7.00. The number of carbonyl (C=O) groups excluding carboxylic acids is 2. The van der Waals surface area contributed by atoms with Gasteiger partial charge < -0.3 is 0 Å². The Hall–Kier alpha value is -2.78. The van der Waals surface area contributed by atoms with E-state index in [9.17, 15) is 22.4 Å². The number of halogens is 1. The number of hydrogen-bond acceptors (Lipinski definition) is 4. The Morgan fingerprint density at radius 3 is 2.12 bits per heavy atom. The molecule has 0 radical (unpaired) electrons. The molecule has 2 aromatic carbocycles. The number of amides is 2. The van der Waals surface area contributed by atoms with Crippen LogP contribution in [0.15, 0.2) is 53.4 Å². The number of nitrogens with zero attached hydrogens (tertiary/aromatic N) is 1. The van der Waals surface area contributed by atoms with E-state index in [0.29, 0.717) is 5.56 Å². The fourth-order valence-corrected chi connectivity index (χ4v) is 5.10. The molecular formula is C23H28FN3O4S. The SMILES string of the molecule is CC(C)(C)c1ccc(C(=O)NNC(=O)C2CCN(S(=O)(=O)c3ccccc3F)CC2)cc1. The van der Waals surface area contributed by atoms with Crippen LogP contribution in [0, 0.1) is 11.7 Å². The average molecular weight is 462 g/mol. The predicted octanol–water partition coefficient (Wildman–Crippen LogP) is 2.99. The molecule has 3 rings (SSSR count). The highest BCUT2D eigenvalue weighted by atomic mass is 32.2. The van der Waals surface area contributed by atoms with E-state index in [0.717, 1.165) is 11.6 Å². The third-order valence-corrected chi connectivity index (χ3v) is 7.52. The van der Waals surface area contributed by atoms with Gasteiger partial charge in [-0.1, -0.05) is 45.0 Å². The van der Waals surface area contributed by atoms with Gasteiger partial charge in [-0.2, -0.15) is 4.31 Å². The summed E-state index contributed by atoms with van der Waals surface area (Å²) in [4.78, 5) is 24.4. The van der Waals surface area contributed by atoms with Crippen LogP contribution in [-0.4, -0.2) is 37.6 Å². The molecule has 2 amide bonds. The summed E-state index contributed by atoms with van der Waals surface area (Å²) in [7, 11) is -3.96. The van der Waals surface area contributed by atoms with Gasteiger partial charge in [-0.25, -0.2) is 12.8 Å². The van der Waals surface area contributed by atoms with Gasteiger partial charge in [0.1, 0.15) is 10.7 Å². The molecule has 2 N–H and O–H groups in total. The Bertz CT molecular complexity index is 1090. The van der Waals surface area contributed by atoms with Gasteiger partial charge in [0.15, 0.2) is 0 Å². The van der Waals surface area contributed by atoms with Crippen LogP contribution in [0.1, 0.15) is 49.5 Å². The lowest BCUT2D eigenvalue weighted by Crippen LogP contribution is -2.48. The van der Waals surface area contributed by atoms with Crippen molar-refractivity contribution in [3.63, 3.8) is 0 Å². The van der Waals surface area contributed by atoms with Crippen molar-refractivity contribution in [1.29, 1.82) is 0 Å². The lowest BCUT2D eigenvalue weighted by Gasteiger charge is -2.30. The second-order valence-electron chi connectivity index (χ2n) is 8.88. The maximum Gasteiger partial charge on any atom is 0.269 e. The van der Waals surface area contributed by atoms with Gasteiger partial charge in [0.25, 0.3) is 5.91 Å². The minimum Gasteiger partial charge on any atom is -0.273 e. The quantitative estimate of drug-likeness (QED) is 0.685. The molecule has 1 fully saturated rings. The molecule has 2 aromatic rings. The van der Waals surface area contributed by atoms with Gasteiger partial charge in [0.2, 0.25) is 15.9 Å². The first kappa shape index (κ1) is 23.9. The molecule has 9 heteroatoms. The summed E-state index contributed by atoms with van der Waals surface area (Å²) in [5.41, 5.74) is 6.32. The lowest BCUT2D eigenvalue weighted by atomic mass is 9.87. The Morgan fingerprint density at radius 1 is 0.969 bits per heavy atom. The van der Waals surface area contributed by atoms with Crippen molar-refractivity contribution in [3.05, 3.63) is 65.5 Å². The van der Waals surface area contributed by atoms with Crippen molar-refractivity contribution in [1.82, 2.24) is 15.2 Å². The maximum atomic E-state index is 13.9. The molecular weight excluding hydrogens is 433 g/mol. The van der Waals surface area contributed by atoms with E-state index in [1.165, 1.54) is 22.5 Å². The van der Waals surface area contributed by atoms with Crippen molar-refractivity contribution < 1.29 is 22.4 Å². The monoisotopic (exact) mass is 461 g/mol. The summed E-state index contributed by atoms with van der Waals surface area (Å²) in [6.07, 6.45) is 0.547. The van der Waals surface area contributed by atoms with E-state index in [2.05, 4.69) is 31.6 Å². The molecule has 32 heavy (non-hydrogen) atoms. The first-order valence-electron chi connectivity index (χ1n) is 10.5. The molecule has 0 bridgehead atoms. The maximum absolute atomic E-state index is 13.9. The minimum absolute atomic E-state index is 0.0299. The number of carbonyl (C=O) groups is 2. The normalized spacial score (nSPS) is 15.9. The molecule has 1 aliphatic rings. The van der Waals surface area contributed by atoms with Crippen LogP contribution in [0.3, 0.4) is 0 Å². The topological polar surface area (TPSA) is 95.6 Å². The summed E-state index contributed by atoms with van der Waals surface area (Å²) >= 11 is 0. The number of hydrazine groups is 1. The summed E-state index contributed by atoms with van der Waals surface area (Å²) in [6, 6.07) is 12.4. The van der Waals surface area contributed by atoms with Gasteiger partial charge in [0, 0.05) is 24.6 Å². The van der Waals surface area contributed by atoms with E-state index in [4.69, 9.17) is 0 Å². The number of piperidine rings is 1. The Balaban J connectivity index is 1.52. The standard InChI is InChI=1S/C23H28FN3O4S/c1-23(2,3)18-10-8-16(9-11-18)21(28)25-26-22(29)17-12-14-27(15-13-17)32(30,31)20-7-5-4-6-19(20)24/h4-11,17H,12-15H2,1-3H3,(H,25,28)(H,26,29). The number of rotatable bonds is 4. The van der Waals surface area contributed by atoms with Crippen LogP contribution in [0.2, 0.25) is 0 Å². The van der Waals surface area contributed by atoms with Crippen molar-refractivity contribution in [2.24, 2.45) is 5.92 Å². The zero-order valence-corrected chi connectivity index (χ0v) is 19.2. The van der Waals surface area contributed by atoms with Crippen LogP contribution in [-0.2, 0) is 20.2 Å². The van der Waals surface area contributed by atoms with Crippen LogP contribution in [0.25, 0.3) is 0 Å². The molecule has 7 nitrogen and oxygen atoms in total. The fraction of sp³-hybridized carbons (Fsp3) is 0.391. The van der Waals surface area contributed by atoms with Gasteiger partial charge >= 0.3 is 0 Å². The molecule has 172 valence electrons. The van der Waals surface area contributed by atoms with Crippen molar-refractivity contribution in [2.45, 2.75) is 43.9 Å². The minimum atomic E-state index is -3.96. The molecule has 1 aliphatic heterocycles. The van der Waals surface area contributed by atoms with Crippen LogP contribution >= 0.6 is 0 Å². The molecule has 0 unspecified atom stereocenters. The second kappa shape index (κ2) is 9.38. The highest BCUT2D eigenvalue weighted by Crippen LogP contribution is 2.25. The van der Waals surface area contributed by atoms with E-state index in [1.807, 2.05) is 12.1 Å². The summed E-state index contributed by atoms with van der Waals surface area (Å²) in [5.74, 6) is -2.07. The third-order valence-electron chi connectivity index (χ3n) is 5.59. The first-order valence-corrected chi connectivity index (χ1v) is 11.9. The van der Waals surface area contributed by atoms with Crippen LogP contribution in [0.5, 0.6) is 0 Å². The summed E-state index contributed by atoms with van der Waals surface area (Å²) in [6.45, 7) is 6.42. The summed E-state index contributed by atoms with van der Waals surface area (Å²) in [5, 5.41) is 0. The van der Waals surface area contributed by atoms with Gasteiger partial charge in [-0.05, 0) is 48.1 Å². The highest BCUT2D eigenvalue weighted by Gasteiger charge is 2.33. The molecule has 0 aliphatic carbocycles. The number of benzene rings is 2. The van der Waals surface area contributed by atoms with E-state index in [1.54, 1.807) is 12.1 Å². The second-order valence-corrected chi connectivity index (χ2v) is 10.8. The van der Waals surface area contributed by atoms with Gasteiger partial charge in [-0.3, -0.25) is 20.4 Å². The van der Waals surface area contributed by atoms with Gasteiger partial charge in [0.05, 0.1) is 0 Å². The molecule has 1 saturated heterocycles. The molecule has 0 atom stereocenters. The zero-order valence-electron chi connectivity index (χ0n) is 18.4. The van der Waals surface area contributed by atoms with Crippen LogP contribution < -0.4 is 10.9 Å². The third kappa shape index (κ3) is 5.34. The largest absolute Gasteiger partial charge is 0.273 e. The average Bonchev–Trinajstić information content (AvgIpc) is 2.77. The van der Waals surface area contributed by atoms with E-state index < -0.39 is 27.7 Å². The van der Waals surface area contributed by atoms with Crippen LogP contribution in [0.4, 0.5) is 4.39 Å². The number of nitrogens with one attached hydrogen (secondary N) is 2. The van der Waals surface area contributed by atoms with E-state index in [-0.39, 0.29) is 42.1 Å². The fourth-order valence-electron chi connectivity index (χ4n) is 3.57. The highest BCUT2D eigenvalue weighted by molar-refractivity contribution is 7.89. The Morgan fingerprint density at radius 2 is 1.56 bits per heavy atom. The van der Waals surface area contributed by atoms with Crippen molar-refractivity contribution in [2.75, 3.05) is 13.1 Å². The molecule has 1 heterocycles. The van der Waals surface area contributed by atoms with Crippen molar-refractivity contribution in [3.8, 4) is 0 Å². The lowest BCUT2D eigenvalue weighted by molar-refractivity contribution is -0.126. The first-order chi connectivity index (χ1) is 15.0. The van der Waals surface area contributed by atoms with E-state index >= 15 is 0 Å². The zero-order chi connectivity index (χ0) is 23.5. The predicted molar refractivity (Wildman–Crippen MR) is 119 cm³/mol. The Labute approximate surface area is 188 Å². The molecule has 0 spiro atoms.